The van der Waals surface area contributed by atoms with Crippen molar-refractivity contribution in [1.29, 1.82) is 0 Å². The highest BCUT2D eigenvalue weighted by Gasteiger charge is 2.62. The van der Waals surface area contributed by atoms with Gasteiger partial charge in [-0.15, -0.1) is 0 Å². The second-order valence-corrected chi connectivity index (χ2v) is 7.75. The smallest absolute Gasteiger partial charge is 0.277 e. The molecule has 3 rings (SSSR count). The summed E-state index contributed by atoms with van der Waals surface area (Å²) in [6, 6.07) is -0.725. The molecule has 3 fully saturated rings. The summed E-state index contributed by atoms with van der Waals surface area (Å²) in [5.41, 5.74) is -1.05. The van der Waals surface area contributed by atoms with Gasteiger partial charge in [-0.1, -0.05) is 0 Å². The zero-order valence-electron chi connectivity index (χ0n) is 10.2. The highest BCUT2D eigenvalue weighted by Crippen LogP contribution is 2.49. The van der Waals surface area contributed by atoms with Gasteiger partial charge in [-0.05, 0) is 25.2 Å². The predicted octanol–water partition coefficient (Wildman–Crippen LogP) is -0.720. The summed E-state index contributed by atoms with van der Waals surface area (Å²) in [5, 5.41) is 2.19. The van der Waals surface area contributed by atoms with Crippen LogP contribution in [0.25, 0.3) is 0 Å². The number of amides is 4. The molecule has 1 saturated carbocycles. The number of carbonyl (C=O) groups is 3. The Bertz CT molecular complexity index is 578. The number of sulfone groups is 1. The summed E-state index contributed by atoms with van der Waals surface area (Å²) in [7, 11) is -3.04. The molecule has 0 radical (unpaired) electrons. The van der Waals surface area contributed by atoms with E-state index in [-0.39, 0.29) is 24.0 Å². The van der Waals surface area contributed by atoms with Gasteiger partial charge in [0.15, 0.2) is 9.84 Å². The summed E-state index contributed by atoms with van der Waals surface area (Å²) in [4.78, 5) is 36.5. The predicted molar refractivity (Wildman–Crippen MR) is 63.7 cm³/mol. The van der Waals surface area contributed by atoms with Crippen LogP contribution in [0.5, 0.6) is 0 Å². The first kappa shape index (κ1) is 12.6. The van der Waals surface area contributed by atoms with Crippen LogP contribution in [-0.2, 0) is 19.4 Å². The van der Waals surface area contributed by atoms with Crippen LogP contribution in [-0.4, -0.2) is 49.2 Å². The van der Waals surface area contributed by atoms with Crippen molar-refractivity contribution in [2.75, 3.05) is 18.1 Å². The summed E-state index contributed by atoms with van der Waals surface area (Å²) in [6.07, 6.45) is 1.38. The number of nitrogens with zero attached hydrogens (tertiary/aromatic N) is 1. The van der Waals surface area contributed by atoms with Gasteiger partial charge >= 0.3 is 6.03 Å². The minimum atomic E-state index is -3.04. The molecular weight excluding hydrogens is 272 g/mol. The zero-order valence-corrected chi connectivity index (χ0v) is 11.0. The number of hydrogen-bond acceptors (Lipinski definition) is 5. The third-order valence-electron chi connectivity index (χ3n) is 4.07. The average Bonchev–Trinajstić information content (AvgIpc) is 3.04. The van der Waals surface area contributed by atoms with Crippen molar-refractivity contribution in [3.8, 4) is 0 Å². The Hall–Kier alpha value is -1.44. The van der Waals surface area contributed by atoms with Gasteiger partial charge in [0, 0.05) is 6.54 Å². The van der Waals surface area contributed by atoms with Crippen LogP contribution in [0.3, 0.4) is 0 Å². The van der Waals surface area contributed by atoms with Crippen LogP contribution in [0, 0.1) is 11.3 Å². The monoisotopic (exact) mass is 286 g/mol. The molecule has 8 heteroatoms. The molecule has 0 aromatic carbocycles. The molecule has 0 bridgehead atoms. The normalized spacial score (nSPS) is 31.7. The fourth-order valence-corrected chi connectivity index (χ4v) is 4.59. The molecule has 19 heavy (non-hydrogen) atoms. The van der Waals surface area contributed by atoms with E-state index >= 15 is 0 Å². The first-order valence-corrected chi connectivity index (χ1v) is 8.04. The molecule has 1 N–H and O–H groups in total. The van der Waals surface area contributed by atoms with E-state index in [2.05, 4.69) is 5.32 Å². The first-order valence-electron chi connectivity index (χ1n) is 6.22. The van der Waals surface area contributed by atoms with E-state index in [9.17, 15) is 22.8 Å². The van der Waals surface area contributed by atoms with Crippen molar-refractivity contribution < 1.29 is 22.8 Å². The maximum atomic E-state index is 12.2. The lowest BCUT2D eigenvalue weighted by atomic mass is 10.0. The first-order chi connectivity index (χ1) is 8.84. The Morgan fingerprint density at radius 2 is 1.95 bits per heavy atom. The Kier molecular flexibility index (Phi) is 2.51. The Balaban J connectivity index is 1.75. The molecule has 0 aromatic rings. The van der Waals surface area contributed by atoms with Gasteiger partial charge in [0.25, 0.3) is 0 Å². The second-order valence-electron chi connectivity index (χ2n) is 5.53. The lowest BCUT2D eigenvalue weighted by Gasteiger charge is -2.31. The maximum Gasteiger partial charge on any atom is 0.330 e. The van der Waals surface area contributed by atoms with E-state index in [0.29, 0.717) is 19.3 Å². The molecule has 7 nitrogen and oxygen atoms in total. The van der Waals surface area contributed by atoms with Crippen molar-refractivity contribution in [1.82, 2.24) is 10.2 Å². The summed E-state index contributed by atoms with van der Waals surface area (Å²) in [6.45, 7) is 0.0823. The number of rotatable bonds is 2. The van der Waals surface area contributed by atoms with Crippen molar-refractivity contribution in [2.24, 2.45) is 11.3 Å². The van der Waals surface area contributed by atoms with Crippen LogP contribution in [0.15, 0.2) is 0 Å². The maximum absolute atomic E-state index is 12.2. The van der Waals surface area contributed by atoms with Gasteiger partial charge in [0.2, 0.25) is 11.8 Å². The number of imide groups is 2. The fourth-order valence-electron chi connectivity index (χ4n) is 2.74. The van der Waals surface area contributed by atoms with E-state index in [1.165, 1.54) is 0 Å². The van der Waals surface area contributed by atoms with Gasteiger partial charge in [0.1, 0.15) is 5.41 Å². The Labute approximate surface area is 110 Å². The molecule has 2 aliphatic heterocycles. The largest absolute Gasteiger partial charge is 0.330 e. The Morgan fingerprint density at radius 3 is 2.47 bits per heavy atom. The Morgan fingerprint density at radius 1 is 1.26 bits per heavy atom. The van der Waals surface area contributed by atoms with Gasteiger partial charge in [-0.2, -0.15) is 0 Å². The van der Waals surface area contributed by atoms with E-state index in [4.69, 9.17) is 0 Å². The van der Waals surface area contributed by atoms with Crippen molar-refractivity contribution in [3.63, 3.8) is 0 Å². The number of barbiturate groups is 1. The van der Waals surface area contributed by atoms with E-state index in [0.717, 1.165) is 4.90 Å². The SMILES string of the molecule is O=C1NC(=O)C2(CC2)C(=O)N1CC1CCS(=O)(=O)C1. The zero-order chi connectivity index (χ0) is 13.8. The van der Waals surface area contributed by atoms with Crippen LogP contribution >= 0.6 is 0 Å². The lowest BCUT2D eigenvalue weighted by molar-refractivity contribution is -0.144. The quantitative estimate of drug-likeness (QED) is 0.675. The summed E-state index contributed by atoms with van der Waals surface area (Å²) < 4.78 is 22.8. The minimum absolute atomic E-state index is 0.00497. The molecule has 104 valence electrons. The van der Waals surface area contributed by atoms with Crippen molar-refractivity contribution >= 4 is 27.7 Å². The fraction of sp³-hybridized carbons (Fsp3) is 0.727. The molecular formula is C11H14N2O5S. The molecule has 2 saturated heterocycles. The number of urea groups is 1. The van der Waals surface area contributed by atoms with Crippen molar-refractivity contribution in [2.45, 2.75) is 19.3 Å². The van der Waals surface area contributed by atoms with Crippen LogP contribution in [0.4, 0.5) is 4.79 Å². The minimum Gasteiger partial charge on any atom is -0.277 e. The topological polar surface area (TPSA) is 101 Å². The van der Waals surface area contributed by atoms with E-state index < -0.39 is 33.1 Å². The second kappa shape index (κ2) is 3.78. The lowest BCUT2D eigenvalue weighted by Crippen LogP contribution is -2.60. The van der Waals surface area contributed by atoms with Gasteiger partial charge < -0.3 is 0 Å². The summed E-state index contributed by atoms with van der Waals surface area (Å²) in [5.74, 6) is -1.09. The summed E-state index contributed by atoms with van der Waals surface area (Å²) >= 11 is 0. The van der Waals surface area contributed by atoms with Gasteiger partial charge in [0.05, 0.1) is 11.5 Å². The molecule has 1 unspecified atom stereocenters. The molecule has 2 heterocycles. The highest BCUT2D eigenvalue weighted by molar-refractivity contribution is 7.91. The molecule has 1 spiro atoms. The van der Waals surface area contributed by atoms with Crippen molar-refractivity contribution in [3.05, 3.63) is 0 Å². The van der Waals surface area contributed by atoms with Gasteiger partial charge in [-0.25, -0.2) is 13.2 Å². The van der Waals surface area contributed by atoms with Crippen LogP contribution in [0.1, 0.15) is 19.3 Å². The average molecular weight is 286 g/mol. The molecule has 0 aromatic heterocycles. The third-order valence-corrected chi connectivity index (χ3v) is 5.91. The highest BCUT2D eigenvalue weighted by atomic mass is 32.2. The third kappa shape index (κ3) is 1.94. The number of hydrogen-bond donors (Lipinski definition) is 1. The van der Waals surface area contributed by atoms with E-state index in [1.54, 1.807) is 0 Å². The number of carbonyl (C=O) groups excluding carboxylic acids is 3. The van der Waals surface area contributed by atoms with Crippen LogP contribution < -0.4 is 5.32 Å². The number of nitrogens with one attached hydrogen (secondary N) is 1. The molecule has 1 atom stereocenters. The van der Waals surface area contributed by atoms with E-state index in [1.807, 2.05) is 0 Å². The standard InChI is InChI=1S/C11H14N2O5S/c14-8-11(2-3-11)9(15)13(10(16)12-8)5-7-1-4-19(17,18)6-7/h7H,1-6H2,(H,12,14,16). The molecule has 4 amide bonds. The van der Waals surface area contributed by atoms with Gasteiger partial charge in [-0.3, -0.25) is 19.8 Å². The van der Waals surface area contributed by atoms with Crippen LogP contribution in [0.2, 0.25) is 0 Å². The molecule has 1 aliphatic carbocycles. The molecule has 3 aliphatic rings.